The third-order valence-electron chi connectivity index (χ3n) is 2.69. The molecule has 0 radical (unpaired) electrons. The summed E-state index contributed by atoms with van der Waals surface area (Å²) in [5, 5.41) is -0.366. The van der Waals surface area contributed by atoms with Gasteiger partial charge in [0, 0.05) is 5.02 Å². The van der Waals surface area contributed by atoms with Gasteiger partial charge in [0.1, 0.15) is 11.6 Å². The van der Waals surface area contributed by atoms with Crippen molar-refractivity contribution >= 4 is 23.2 Å². The average Bonchev–Trinajstić information content (AvgIpc) is 2.33. The van der Waals surface area contributed by atoms with Gasteiger partial charge in [0.15, 0.2) is 0 Å². The van der Waals surface area contributed by atoms with E-state index in [-0.39, 0.29) is 16.7 Å². The Morgan fingerprint density at radius 3 is 2.50 bits per heavy atom. The second-order valence-electron chi connectivity index (χ2n) is 4.04. The van der Waals surface area contributed by atoms with Crippen LogP contribution in [0.2, 0.25) is 5.02 Å². The van der Waals surface area contributed by atoms with Crippen LogP contribution >= 0.6 is 23.2 Å². The number of hydrogen-bond donors (Lipinski definition) is 0. The number of halogens is 4. The quantitative estimate of drug-likeness (QED) is 0.661. The molecule has 0 saturated carbocycles. The normalized spacial score (nSPS) is 12.5. The molecule has 2 aromatic rings. The van der Waals surface area contributed by atoms with E-state index < -0.39 is 5.38 Å². The van der Waals surface area contributed by atoms with E-state index in [0.29, 0.717) is 16.7 Å². The van der Waals surface area contributed by atoms with Gasteiger partial charge in [-0.3, -0.25) is 0 Å². The fraction of sp³-hybridized carbons (Fsp3) is 0.143. The topological polar surface area (TPSA) is 0 Å². The van der Waals surface area contributed by atoms with Crippen LogP contribution in [0.25, 0.3) is 0 Å². The van der Waals surface area contributed by atoms with Gasteiger partial charge in [-0.2, -0.15) is 0 Å². The summed E-state index contributed by atoms with van der Waals surface area (Å²) in [6, 6.07) is 8.76. The summed E-state index contributed by atoms with van der Waals surface area (Å²) >= 11 is 12.2. The fourth-order valence-electron chi connectivity index (χ4n) is 1.72. The Bertz CT molecular complexity index is 582. The molecule has 0 saturated heterocycles. The Balaban J connectivity index is 2.46. The van der Waals surface area contributed by atoms with Crippen molar-refractivity contribution in [2.45, 2.75) is 12.3 Å². The first-order valence-corrected chi connectivity index (χ1v) is 6.15. The summed E-state index contributed by atoms with van der Waals surface area (Å²) in [5.41, 5.74) is 1.61. The molecule has 0 aromatic heterocycles. The van der Waals surface area contributed by atoms with Crippen molar-refractivity contribution in [2.24, 2.45) is 0 Å². The molecule has 18 heavy (non-hydrogen) atoms. The number of aryl methyl sites for hydroxylation is 1. The van der Waals surface area contributed by atoms with Crippen molar-refractivity contribution in [1.29, 1.82) is 0 Å². The van der Waals surface area contributed by atoms with E-state index >= 15 is 0 Å². The molecule has 0 nitrogen and oxygen atoms in total. The summed E-state index contributed by atoms with van der Waals surface area (Å²) in [6.45, 7) is 1.63. The van der Waals surface area contributed by atoms with Gasteiger partial charge in [0.05, 0.1) is 5.38 Å². The predicted octanol–water partition coefficient (Wildman–Crippen LogP) is 5.25. The highest BCUT2D eigenvalue weighted by atomic mass is 35.5. The van der Waals surface area contributed by atoms with Gasteiger partial charge in [0.2, 0.25) is 0 Å². The average molecular weight is 287 g/mol. The van der Waals surface area contributed by atoms with Gasteiger partial charge in [0.25, 0.3) is 0 Å². The first-order valence-electron chi connectivity index (χ1n) is 5.34. The Kier molecular flexibility index (Phi) is 3.88. The lowest BCUT2D eigenvalue weighted by atomic mass is 10.0. The zero-order chi connectivity index (χ0) is 13.3. The van der Waals surface area contributed by atoms with Crippen LogP contribution in [0.1, 0.15) is 22.1 Å². The molecule has 2 aromatic carbocycles. The lowest BCUT2D eigenvalue weighted by molar-refractivity contribution is 0.617. The highest BCUT2D eigenvalue weighted by molar-refractivity contribution is 6.33. The van der Waals surface area contributed by atoms with Crippen molar-refractivity contribution in [3.63, 3.8) is 0 Å². The lowest BCUT2D eigenvalue weighted by Crippen LogP contribution is -1.97. The third-order valence-corrected chi connectivity index (χ3v) is 3.51. The Morgan fingerprint density at radius 2 is 1.83 bits per heavy atom. The maximum absolute atomic E-state index is 13.3. The van der Waals surface area contributed by atoms with Gasteiger partial charge >= 0.3 is 0 Å². The Labute approximate surface area is 114 Å². The molecule has 4 heteroatoms. The van der Waals surface area contributed by atoms with Gasteiger partial charge in [-0.15, -0.1) is 11.6 Å². The molecule has 0 aliphatic heterocycles. The standard InChI is InChI=1S/C14H10Cl2F2/c1-8-5-11(12(15)7-13(8)18)14(16)9-3-2-4-10(17)6-9/h2-7,14H,1H3. The SMILES string of the molecule is Cc1cc(C(Cl)c2cccc(F)c2)c(Cl)cc1F. The van der Waals surface area contributed by atoms with Gasteiger partial charge in [-0.25, -0.2) is 8.78 Å². The predicted molar refractivity (Wildman–Crippen MR) is 70.2 cm³/mol. The largest absolute Gasteiger partial charge is 0.207 e. The lowest BCUT2D eigenvalue weighted by Gasteiger charge is -2.13. The molecule has 0 amide bonds. The maximum Gasteiger partial charge on any atom is 0.127 e. The molecule has 1 unspecified atom stereocenters. The van der Waals surface area contributed by atoms with Crippen molar-refractivity contribution in [3.8, 4) is 0 Å². The molecule has 1 atom stereocenters. The molecular weight excluding hydrogens is 277 g/mol. The number of benzene rings is 2. The van der Waals surface area contributed by atoms with E-state index in [1.165, 1.54) is 18.2 Å². The molecule has 0 aliphatic rings. The molecule has 2 rings (SSSR count). The maximum atomic E-state index is 13.3. The van der Waals surface area contributed by atoms with Crippen LogP contribution < -0.4 is 0 Å². The van der Waals surface area contributed by atoms with E-state index in [9.17, 15) is 8.78 Å². The zero-order valence-corrected chi connectivity index (χ0v) is 11.1. The van der Waals surface area contributed by atoms with Crippen molar-refractivity contribution in [2.75, 3.05) is 0 Å². The van der Waals surface area contributed by atoms with E-state index in [1.807, 2.05) is 0 Å². The van der Waals surface area contributed by atoms with Crippen LogP contribution in [-0.4, -0.2) is 0 Å². The van der Waals surface area contributed by atoms with Crippen molar-refractivity contribution in [1.82, 2.24) is 0 Å². The second kappa shape index (κ2) is 5.25. The molecule has 94 valence electrons. The third kappa shape index (κ3) is 2.65. The zero-order valence-electron chi connectivity index (χ0n) is 9.55. The summed E-state index contributed by atoms with van der Waals surface area (Å²) in [5.74, 6) is -0.750. The van der Waals surface area contributed by atoms with Gasteiger partial charge < -0.3 is 0 Å². The summed E-state index contributed by atoms with van der Waals surface area (Å²) in [6.07, 6.45) is 0. The van der Waals surface area contributed by atoms with E-state index in [4.69, 9.17) is 23.2 Å². The Hall–Kier alpha value is -1.12. The summed E-state index contributed by atoms with van der Waals surface area (Å²) < 4.78 is 26.4. The highest BCUT2D eigenvalue weighted by Crippen LogP contribution is 2.35. The van der Waals surface area contributed by atoms with Crippen LogP contribution in [0.15, 0.2) is 36.4 Å². The fourth-order valence-corrected chi connectivity index (χ4v) is 2.35. The van der Waals surface area contributed by atoms with E-state index in [0.717, 1.165) is 0 Å². The molecule has 0 spiro atoms. The van der Waals surface area contributed by atoms with Crippen LogP contribution in [0, 0.1) is 18.6 Å². The van der Waals surface area contributed by atoms with Crippen molar-refractivity contribution < 1.29 is 8.78 Å². The number of alkyl halides is 1. The Morgan fingerprint density at radius 1 is 1.11 bits per heavy atom. The minimum atomic E-state index is -0.604. The highest BCUT2D eigenvalue weighted by Gasteiger charge is 2.16. The summed E-state index contributed by atoms with van der Waals surface area (Å²) in [7, 11) is 0. The molecular formula is C14H10Cl2F2. The van der Waals surface area contributed by atoms with Crippen molar-refractivity contribution in [3.05, 3.63) is 69.7 Å². The first kappa shape index (κ1) is 13.3. The molecule has 0 N–H and O–H groups in total. The van der Waals surface area contributed by atoms with E-state index in [1.54, 1.807) is 25.1 Å². The number of rotatable bonds is 2. The second-order valence-corrected chi connectivity index (χ2v) is 4.88. The smallest absolute Gasteiger partial charge is 0.127 e. The monoisotopic (exact) mass is 286 g/mol. The van der Waals surface area contributed by atoms with Crippen LogP contribution in [0.5, 0.6) is 0 Å². The minimum Gasteiger partial charge on any atom is -0.207 e. The minimum absolute atomic E-state index is 0.238. The van der Waals surface area contributed by atoms with Gasteiger partial charge in [-0.1, -0.05) is 23.7 Å². The molecule has 0 fully saturated rings. The van der Waals surface area contributed by atoms with Gasteiger partial charge in [-0.05, 0) is 47.9 Å². The first-order chi connectivity index (χ1) is 8.49. The molecule has 0 aliphatic carbocycles. The van der Waals surface area contributed by atoms with E-state index in [2.05, 4.69) is 0 Å². The molecule has 0 bridgehead atoms. The van der Waals surface area contributed by atoms with Crippen LogP contribution in [-0.2, 0) is 0 Å². The summed E-state index contributed by atoms with van der Waals surface area (Å²) in [4.78, 5) is 0. The molecule has 0 heterocycles. The van der Waals surface area contributed by atoms with Crippen LogP contribution in [0.3, 0.4) is 0 Å². The van der Waals surface area contributed by atoms with Crippen LogP contribution in [0.4, 0.5) is 8.78 Å². The number of hydrogen-bond acceptors (Lipinski definition) is 0.